The molecule has 0 atom stereocenters. The summed E-state index contributed by atoms with van der Waals surface area (Å²) in [5.41, 5.74) is 4.06. The molecule has 0 aliphatic heterocycles. The first-order valence-electron chi connectivity index (χ1n) is 7.51. The van der Waals surface area contributed by atoms with Gasteiger partial charge >= 0.3 is 6.47 Å². The molecule has 1 N–H and O–H groups in total. The minimum absolute atomic E-state index is 0.00889. The molecule has 6 heteroatoms. The highest BCUT2D eigenvalue weighted by Crippen LogP contribution is 2.28. The Morgan fingerprint density at radius 2 is 1.84 bits per heavy atom. The first-order valence-corrected chi connectivity index (χ1v) is 8.46. The number of nitrogens with zero attached hydrogens (tertiary/aromatic N) is 1. The molecule has 4 rings (SSSR count). The minimum Gasteiger partial charge on any atom is -0.355 e. The van der Waals surface area contributed by atoms with Crippen molar-refractivity contribution in [3.8, 4) is 0 Å². The topological polar surface area (TPSA) is 71.5 Å². The van der Waals surface area contributed by atoms with E-state index in [2.05, 4.69) is 15.0 Å². The van der Waals surface area contributed by atoms with Crippen LogP contribution in [0, 0.1) is 0 Å². The molecule has 2 aromatic carbocycles. The summed E-state index contributed by atoms with van der Waals surface area (Å²) in [6, 6.07) is 13.2. The molecule has 2 heterocycles. The van der Waals surface area contributed by atoms with E-state index in [1.54, 1.807) is 0 Å². The van der Waals surface area contributed by atoms with Crippen molar-refractivity contribution < 1.29 is 14.4 Å². The Balaban J connectivity index is 1.82. The van der Waals surface area contributed by atoms with E-state index in [-0.39, 0.29) is 12.3 Å². The first kappa shape index (κ1) is 15.3. The normalized spacial score (nSPS) is 11.4. The summed E-state index contributed by atoms with van der Waals surface area (Å²) in [6.07, 6.45) is 1.47. The number of hydrogen-bond donors (Lipinski definition) is 1. The van der Waals surface area contributed by atoms with Crippen molar-refractivity contribution in [2.24, 2.45) is 5.16 Å². The lowest BCUT2D eigenvalue weighted by molar-refractivity contribution is -0.128. The van der Waals surface area contributed by atoms with Crippen molar-refractivity contribution in [2.75, 3.05) is 0 Å². The van der Waals surface area contributed by atoms with E-state index >= 15 is 0 Å². The van der Waals surface area contributed by atoms with E-state index < -0.39 is 0 Å². The molecule has 0 unspecified atom stereocenters. The van der Waals surface area contributed by atoms with Crippen molar-refractivity contribution in [1.82, 2.24) is 4.98 Å². The van der Waals surface area contributed by atoms with Crippen LogP contribution in [0.2, 0.25) is 0 Å². The van der Waals surface area contributed by atoms with Crippen LogP contribution in [0.5, 0.6) is 0 Å². The van der Waals surface area contributed by atoms with Crippen LogP contribution in [0.3, 0.4) is 0 Å². The molecular formula is C19H12N2O3S. The lowest BCUT2D eigenvalue weighted by Crippen LogP contribution is -1.98. The summed E-state index contributed by atoms with van der Waals surface area (Å²) >= 11 is 1.50. The van der Waals surface area contributed by atoms with Gasteiger partial charge in [0.1, 0.15) is 0 Å². The quantitative estimate of drug-likeness (QED) is 0.194. The van der Waals surface area contributed by atoms with Crippen molar-refractivity contribution in [1.29, 1.82) is 0 Å². The van der Waals surface area contributed by atoms with Crippen LogP contribution in [0.15, 0.2) is 58.4 Å². The number of fused-ring (bicyclic) bond motifs is 3. The third-order valence-corrected chi connectivity index (χ3v) is 4.66. The number of carbonyl (C=O) groups excluding carboxylic acids is 2. The standard InChI is InChI=1S/C19H12N2O3S/c22-11-24-20-9-12-1-3-17-15(7-12)16-8-13(2-4-18(16)21-17)19(23)14-5-6-25-10-14/h1-11,21H/b20-9-. The fourth-order valence-electron chi connectivity index (χ4n) is 2.81. The summed E-state index contributed by atoms with van der Waals surface area (Å²) < 4.78 is 0. The van der Waals surface area contributed by atoms with Gasteiger partial charge in [-0.25, -0.2) is 0 Å². The third-order valence-electron chi connectivity index (χ3n) is 3.97. The highest BCUT2D eigenvalue weighted by molar-refractivity contribution is 7.08. The molecule has 0 saturated heterocycles. The zero-order valence-corrected chi connectivity index (χ0v) is 13.7. The predicted molar refractivity (Wildman–Crippen MR) is 98.3 cm³/mol. The summed E-state index contributed by atoms with van der Waals surface area (Å²) in [7, 11) is 0. The molecule has 0 amide bonds. The van der Waals surface area contributed by atoms with E-state index in [9.17, 15) is 9.59 Å². The highest BCUT2D eigenvalue weighted by atomic mass is 32.1. The maximum Gasteiger partial charge on any atom is 0.323 e. The zero-order chi connectivity index (χ0) is 17.2. The maximum atomic E-state index is 12.6. The van der Waals surface area contributed by atoms with Crippen LogP contribution in [0.25, 0.3) is 21.8 Å². The van der Waals surface area contributed by atoms with Crippen LogP contribution >= 0.6 is 11.3 Å². The minimum atomic E-state index is 0.00889. The number of aromatic nitrogens is 1. The van der Waals surface area contributed by atoms with Crippen LogP contribution < -0.4 is 0 Å². The van der Waals surface area contributed by atoms with Gasteiger partial charge in [0.05, 0.1) is 6.21 Å². The smallest absolute Gasteiger partial charge is 0.323 e. The lowest BCUT2D eigenvalue weighted by Gasteiger charge is -2.00. The molecule has 0 aliphatic rings. The summed E-state index contributed by atoms with van der Waals surface area (Å²) in [5, 5.41) is 9.24. The van der Waals surface area contributed by atoms with Gasteiger partial charge in [-0.2, -0.15) is 11.3 Å². The number of aromatic amines is 1. The van der Waals surface area contributed by atoms with Gasteiger partial charge < -0.3 is 9.82 Å². The first-order chi connectivity index (χ1) is 12.3. The summed E-state index contributed by atoms with van der Waals surface area (Å²) in [5.74, 6) is 0.00889. The molecule has 0 aliphatic carbocycles. The van der Waals surface area contributed by atoms with Crippen LogP contribution in [-0.4, -0.2) is 23.5 Å². The van der Waals surface area contributed by atoms with E-state index in [1.165, 1.54) is 17.6 Å². The van der Waals surface area contributed by atoms with Crippen LogP contribution in [0.1, 0.15) is 21.5 Å². The second-order valence-electron chi connectivity index (χ2n) is 5.47. The Labute approximate surface area is 146 Å². The molecule has 25 heavy (non-hydrogen) atoms. The van der Waals surface area contributed by atoms with Gasteiger partial charge in [-0.1, -0.05) is 11.2 Å². The van der Waals surface area contributed by atoms with Gasteiger partial charge in [0.25, 0.3) is 0 Å². The Bertz CT molecular complexity index is 1110. The molecule has 0 radical (unpaired) electrons. The number of thiophene rings is 1. The Kier molecular flexibility index (Phi) is 3.87. The number of rotatable bonds is 5. The molecule has 0 saturated carbocycles. The molecule has 0 bridgehead atoms. The van der Waals surface area contributed by atoms with Gasteiger partial charge in [-0.05, 0) is 47.3 Å². The molecule has 5 nitrogen and oxygen atoms in total. The van der Waals surface area contributed by atoms with Gasteiger partial charge in [-0.15, -0.1) is 0 Å². The van der Waals surface area contributed by atoms with E-state index in [0.717, 1.165) is 27.4 Å². The highest BCUT2D eigenvalue weighted by Gasteiger charge is 2.12. The molecule has 2 aromatic heterocycles. The van der Waals surface area contributed by atoms with Gasteiger partial charge in [0.15, 0.2) is 5.78 Å². The predicted octanol–water partition coefficient (Wildman–Crippen LogP) is 4.12. The SMILES string of the molecule is O=CO/N=C\c1ccc2[nH]c3ccc(C(=O)c4ccsc4)cc3c2c1. The van der Waals surface area contributed by atoms with Crippen molar-refractivity contribution in [2.45, 2.75) is 0 Å². The van der Waals surface area contributed by atoms with Crippen molar-refractivity contribution in [3.63, 3.8) is 0 Å². The van der Waals surface area contributed by atoms with Gasteiger partial charge in [0, 0.05) is 38.3 Å². The van der Waals surface area contributed by atoms with Crippen LogP contribution in [0.4, 0.5) is 0 Å². The Morgan fingerprint density at radius 1 is 1.04 bits per heavy atom. The molecule has 0 spiro atoms. The average Bonchev–Trinajstić information content (AvgIpc) is 3.28. The molecular weight excluding hydrogens is 336 g/mol. The van der Waals surface area contributed by atoms with Crippen molar-refractivity contribution >= 4 is 51.6 Å². The molecule has 0 fully saturated rings. The second-order valence-corrected chi connectivity index (χ2v) is 6.25. The number of benzene rings is 2. The third kappa shape index (κ3) is 2.83. The van der Waals surface area contributed by atoms with Gasteiger partial charge in [-0.3, -0.25) is 9.59 Å². The zero-order valence-electron chi connectivity index (χ0n) is 12.9. The number of H-pyrrole nitrogens is 1. The maximum absolute atomic E-state index is 12.6. The van der Waals surface area contributed by atoms with E-state index in [4.69, 9.17) is 0 Å². The number of nitrogens with one attached hydrogen (secondary N) is 1. The fraction of sp³-hybridized carbons (Fsp3) is 0. The monoisotopic (exact) mass is 348 g/mol. The number of ketones is 1. The molecule has 122 valence electrons. The second kappa shape index (κ2) is 6.33. The number of oxime groups is 1. The summed E-state index contributed by atoms with van der Waals surface area (Å²) in [4.78, 5) is 30.4. The van der Waals surface area contributed by atoms with Gasteiger partial charge in [0.2, 0.25) is 0 Å². The fourth-order valence-corrected chi connectivity index (χ4v) is 3.45. The largest absolute Gasteiger partial charge is 0.355 e. The Morgan fingerprint density at radius 3 is 2.60 bits per heavy atom. The Hall–Kier alpha value is -3.25. The number of carbonyl (C=O) groups is 2. The number of hydrogen-bond acceptors (Lipinski definition) is 5. The average molecular weight is 348 g/mol. The van der Waals surface area contributed by atoms with E-state index in [1.807, 2.05) is 53.2 Å². The molecule has 4 aromatic rings. The van der Waals surface area contributed by atoms with E-state index in [0.29, 0.717) is 11.1 Å². The van der Waals surface area contributed by atoms with Crippen molar-refractivity contribution in [3.05, 3.63) is 69.9 Å². The summed E-state index contributed by atoms with van der Waals surface area (Å²) in [6.45, 7) is 0.267. The lowest BCUT2D eigenvalue weighted by atomic mass is 10.0. The van der Waals surface area contributed by atoms with Crippen LogP contribution in [-0.2, 0) is 9.63 Å².